The maximum atomic E-state index is 13.7. The van der Waals surface area contributed by atoms with Crippen LogP contribution in [-0.2, 0) is 16.1 Å². The lowest BCUT2D eigenvalue weighted by Crippen LogP contribution is -2.44. The number of rotatable bonds is 7. The Morgan fingerprint density at radius 3 is 2.49 bits per heavy atom. The van der Waals surface area contributed by atoms with Crippen LogP contribution in [0.5, 0.6) is 0 Å². The average molecular weight is 621 g/mol. The summed E-state index contributed by atoms with van der Waals surface area (Å²) in [4.78, 5) is 54.0. The quantitative estimate of drug-likeness (QED) is 0.236. The summed E-state index contributed by atoms with van der Waals surface area (Å²) < 4.78 is 2.10. The molecule has 1 saturated heterocycles. The summed E-state index contributed by atoms with van der Waals surface area (Å²) in [6.45, 7) is 6.89. The zero-order chi connectivity index (χ0) is 29.4. The zero-order valence-corrected chi connectivity index (χ0v) is 24.8. The first-order valence-corrected chi connectivity index (χ1v) is 14.0. The molecule has 12 heteroatoms. The number of hydrogen-bond acceptors (Lipinski definition) is 8. The molecule has 212 valence electrons. The number of aromatic nitrogens is 5. The van der Waals surface area contributed by atoms with Crippen LogP contribution in [0.2, 0.25) is 0 Å². The SMILES string of the molecule is CC(=O)c1nn(CC(=O)N2CC(CO)CC2C(=O)Nc2nc(Br)ccc2C)c2c(C)cc(-c3cnc(C)nc3)cc12. The van der Waals surface area contributed by atoms with Gasteiger partial charge in [-0.25, -0.2) is 15.0 Å². The van der Waals surface area contributed by atoms with Crippen LogP contribution in [0, 0.1) is 26.7 Å². The number of nitrogens with zero attached hydrogens (tertiary/aromatic N) is 6. The summed E-state index contributed by atoms with van der Waals surface area (Å²) in [6, 6.07) is 6.63. The van der Waals surface area contributed by atoms with Crippen LogP contribution < -0.4 is 5.32 Å². The van der Waals surface area contributed by atoms with Gasteiger partial charge in [0.1, 0.15) is 34.5 Å². The smallest absolute Gasteiger partial charge is 0.248 e. The fourth-order valence-electron chi connectivity index (χ4n) is 5.24. The maximum absolute atomic E-state index is 13.7. The van der Waals surface area contributed by atoms with Crippen molar-refractivity contribution in [3.05, 3.63) is 63.9 Å². The molecule has 2 unspecified atom stereocenters. The molecule has 2 atom stereocenters. The minimum Gasteiger partial charge on any atom is -0.396 e. The number of halogens is 1. The maximum Gasteiger partial charge on any atom is 0.248 e. The monoisotopic (exact) mass is 619 g/mol. The molecule has 1 fully saturated rings. The summed E-state index contributed by atoms with van der Waals surface area (Å²) in [6.07, 6.45) is 3.78. The third kappa shape index (κ3) is 5.75. The predicted molar refractivity (Wildman–Crippen MR) is 156 cm³/mol. The number of aryl methyl sites for hydroxylation is 3. The van der Waals surface area contributed by atoms with Crippen molar-refractivity contribution in [2.24, 2.45) is 5.92 Å². The first-order valence-electron chi connectivity index (χ1n) is 13.2. The second-order valence-corrected chi connectivity index (χ2v) is 11.2. The van der Waals surface area contributed by atoms with Crippen molar-refractivity contribution in [2.45, 2.75) is 46.7 Å². The van der Waals surface area contributed by atoms with Gasteiger partial charge < -0.3 is 15.3 Å². The van der Waals surface area contributed by atoms with E-state index < -0.39 is 6.04 Å². The van der Waals surface area contributed by atoms with Crippen LogP contribution in [0.25, 0.3) is 22.0 Å². The first-order chi connectivity index (χ1) is 19.5. The van der Waals surface area contributed by atoms with E-state index >= 15 is 0 Å². The Hall–Kier alpha value is -4.03. The number of carbonyl (C=O) groups is 3. The molecular weight excluding hydrogens is 590 g/mol. The fraction of sp³-hybridized carbons (Fsp3) is 0.345. The van der Waals surface area contributed by atoms with E-state index in [-0.39, 0.29) is 48.9 Å². The van der Waals surface area contributed by atoms with Gasteiger partial charge in [-0.1, -0.05) is 6.07 Å². The summed E-state index contributed by atoms with van der Waals surface area (Å²) >= 11 is 3.32. The molecule has 11 nitrogen and oxygen atoms in total. The number of pyridine rings is 1. The van der Waals surface area contributed by atoms with Crippen molar-refractivity contribution in [3.63, 3.8) is 0 Å². The minimum absolute atomic E-state index is 0.147. The molecule has 0 spiro atoms. The van der Waals surface area contributed by atoms with Gasteiger partial charge in [0.25, 0.3) is 0 Å². The van der Waals surface area contributed by atoms with Crippen molar-refractivity contribution in [1.29, 1.82) is 0 Å². The molecule has 2 N–H and O–H groups in total. The number of likely N-dealkylation sites (tertiary alicyclic amines) is 1. The highest BCUT2D eigenvalue weighted by Gasteiger charge is 2.40. The van der Waals surface area contributed by atoms with Gasteiger partial charge >= 0.3 is 0 Å². The molecule has 0 radical (unpaired) electrons. The molecule has 2 amide bonds. The number of aliphatic hydroxyl groups is 1. The topological polar surface area (TPSA) is 143 Å². The molecule has 0 aliphatic carbocycles. The first kappa shape index (κ1) is 28.5. The van der Waals surface area contributed by atoms with Crippen molar-refractivity contribution in [2.75, 3.05) is 18.5 Å². The van der Waals surface area contributed by atoms with Crippen molar-refractivity contribution < 1.29 is 19.5 Å². The van der Waals surface area contributed by atoms with Crippen LogP contribution in [0.3, 0.4) is 0 Å². The second kappa shape index (κ2) is 11.5. The van der Waals surface area contributed by atoms with Crippen molar-refractivity contribution in [1.82, 2.24) is 29.6 Å². The van der Waals surface area contributed by atoms with E-state index in [1.165, 1.54) is 16.5 Å². The molecule has 3 aromatic heterocycles. The summed E-state index contributed by atoms with van der Waals surface area (Å²) in [5, 5.41) is 17.8. The predicted octanol–water partition coefficient (Wildman–Crippen LogP) is 3.63. The number of hydrogen-bond donors (Lipinski definition) is 2. The molecule has 0 saturated carbocycles. The number of benzene rings is 1. The Morgan fingerprint density at radius 1 is 1.07 bits per heavy atom. The number of nitrogens with one attached hydrogen (secondary N) is 1. The standard InChI is InChI=1S/C29H30BrN7O4/c1-15-5-6-24(30)33-28(15)34-29(41)23-8-19(14-38)12-36(23)25(40)13-37-27-16(2)7-20(21-10-31-18(4)32-11-21)9-22(27)26(35-37)17(3)39/h5-7,9-11,19,23,38H,8,12-14H2,1-4H3,(H,33,34,41). The number of anilines is 1. The van der Waals surface area contributed by atoms with E-state index in [0.717, 1.165) is 22.3 Å². The molecule has 41 heavy (non-hydrogen) atoms. The van der Waals surface area contributed by atoms with E-state index in [4.69, 9.17) is 0 Å². The molecule has 1 aliphatic rings. The number of amides is 2. The third-order valence-electron chi connectivity index (χ3n) is 7.34. The van der Waals surface area contributed by atoms with E-state index in [9.17, 15) is 19.5 Å². The minimum atomic E-state index is -0.789. The van der Waals surface area contributed by atoms with Crippen molar-refractivity contribution in [3.8, 4) is 11.1 Å². The second-order valence-electron chi connectivity index (χ2n) is 10.4. The number of carbonyl (C=O) groups excluding carboxylic acids is 3. The van der Waals surface area contributed by atoms with Gasteiger partial charge in [0, 0.05) is 49.3 Å². The largest absolute Gasteiger partial charge is 0.396 e. The number of Topliss-reactive ketones (excluding diaryl/α,β-unsaturated/α-hetero) is 1. The molecule has 1 aliphatic heterocycles. The Kier molecular flexibility index (Phi) is 7.96. The van der Waals surface area contributed by atoms with E-state index in [0.29, 0.717) is 33.6 Å². The van der Waals surface area contributed by atoms with Gasteiger partial charge in [0.15, 0.2) is 5.78 Å². The van der Waals surface area contributed by atoms with Gasteiger partial charge in [-0.15, -0.1) is 0 Å². The highest BCUT2D eigenvalue weighted by molar-refractivity contribution is 9.10. The van der Waals surface area contributed by atoms with Gasteiger partial charge in [-0.2, -0.15) is 5.10 Å². The highest BCUT2D eigenvalue weighted by Crippen LogP contribution is 2.31. The zero-order valence-electron chi connectivity index (χ0n) is 23.2. The Bertz CT molecular complexity index is 1670. The summed E-state index contributed by atoms with van der Waals surface area (Å²) in [5.41, 5.74) is 4.16. The lowest BCUT2D eigenvalue weighted by Gasteiger charge is -2.24. The average Bonchev–Trinajstić information content (AvgIpc) is 3.54. The van der Waals surface area contributed by atoms with Crippen molar-refractivity contribution >= 4 is 50.2 Å². The van der Waals surface area contributed by atoms with Crippen LogP contribution in [0.1, 0.15) is 40.8 Å². The third-order valence-corrected chi connectivity index (χ3v) is 7.78. The van der Waals surface area contributed by atoms with Gasteiger partial charge in [-0.3, -0.25) is 19.1 Å². The lowest BCUT2D eigenvalue weighted by atomic mass is 10.0. The molecule has 1 aromatic carbocycles. The van der Waals surface area contributed by atoms with E-state index in [1.807, 2.05) is 39.0 Å². The van der Waals surface area contributed by atoms with Gasteiger partial charge in [-0.05, 0) is 78.0 Å². The number of fused-ring (bicyclic) bond motifs is 1. The highest BCUT2D eigenvalue weighted by atomic mass is 79.9. The van der Waals surface area contributed by atoms with Crippen LogP contribution >= 0.6 is 15.9 Å². The fourth-order valence-corrected chi connectivity index (χ4v) is 5.55. The van der Waals surface area contributed by atoms with E-state index in [2.05, 4.69) is 41.3 Å². The van der Waals surface area contributed by atoms with Gasteiger partial charge in [0.05, 0.1) is 5.52 Å². The number of ketones is 1. The van der Waals surface area contributed by atoms with Crippen LogP contribution in [0.15, 0.2) is 41.3 Å². The normalized spacial score (nSPS) is 16.8. The Morgan fingerprint density at radius 2 is 1.80 bits per heavy atom. The van der Waals surface area contributed by atoms with Crippen LogP contribution in [0.4, 0.5) is 5.82 Å². The summed E-state index contributed by atoms with van der Waals surface area (Å²) in [7, 11) is 0. The molecule has 4 aromatic rings. The van der Waals surface area contributed by atoms with E-state index in [1.54, 1.807) is 18.5 Å². The molecular formula is C29H30BrN7O4. The Balaban J connectivity index is 1.46. The van der Waals surface area contributed by atoms with Gasteiger partial charge in [0.2, 0.25) is 11.8 Å². The molecule has 5 rings (SSSR count). The van der Waals surface area contributed by atoms with Crippen LogP contribution in [-0.4, -0.2) is 71.5 Å². The molecule has 4 heterocycles. The lowest BCUT2D eigenvalue weighted by molar-refractivity contribution is -0.137. The number of aliphatic hydroxyl groups excluding tert-OH is 1. The summed E-state index contributed by atoms with van der Waals surface area (Å²) in [5.74, 6) is -0.127. The molecule has 0 bridgehead atoms. The Labute approximate surface area is 245 Å².